The number of para-hydroxylation sites is 2. The summed E-state index contributed by atoms with van der Waals surface area (Å²) < 4.78 is 5.76. The van der Waals surface area contributed by atoms with Crippen molar-refractivity contribution < 1.29 is 4.42 Å². The van der Waals surface area contributed by atoms with Gasteiger partial charge in [0.25, 0.3) is 5.22 Å². The molecule has 0 atom stereocenters. The highest BCUT2D eigenvalue weighted by Crippen LogP contribution is 2.33. The number of rotatable bonds is 4. The third-order valence-corrected chi connectivity index (χ3v) is 5.59. The number of fused-ring (bicyclic) bond motifs is 1. The van der Waals surface area contributed by atoms with Gasteiger partial charge >= 0.3 is 0 Å². The number of oxazole rings is 1. The van der Waals surface area contributed by atoms with Crippen LogP contribution in [0.15, 0.2) is 58.2 Å². The normalized spacial score (nSPS) is 16.0. The van der Waals surface area contributed by atoms with Crippen molar-refractivity contribution in [1.29, 1.82) is 0 Å². The third-order valence-electron chi connectivity index (χ3n) is 4.69. The Morgan fingerprint density at radius 3 is 2.52 bits per heavy atom. The van der Waals surface area contributed by atoms with Gasteiger partial charge in [0.15, 0.2) is 5.58 Å². The van der Waals surface area contributed by atoms with E-state index < -0.39 is 0 Å². The molecule has 2 nitrogen and oxygen atoms in total. The van der Waals surface area contributed by atoms with E-state index in [9.17, 15) is 0 Å². The van der Waals surface area contributed by atoms with Crippen LogP contribution in [0.2, 0.25) is 0 Å². The topological polar surface area (TPSA) is 26.0 Å². The molecule has 1 saturated carbocycles. The average molecular weight is 323 g/mol. The lowest BCUT2D eigenvalue weighted by Gasteiger charge is -2.22. The summed E-state index contributed by atoms with van der Waals surface area (Å²) in [5.41, 5.74) is 4.64. The predicted molar refractivity (Wildman–Crippen MR) is 95.8 cm³/mol. The number of benzene rings is 2. The molecule has 0 saturated heterocycles. The van der Waals surface area contributed by atoms with Crippen LogP contribution in [0.4, 0.5) is 0 Å². The van der Waals surface area contributed by atoms with Gasteiger partial charge in [-0.1, -0.05) is 67.4 Å². The molecule has 23 heavy (non-hydrogen) atoms. The van der Waals surface area contributed by atoms with Crippen molar-refractivity contribution in [2.75, 3.05) is 0 Å². The largest absolute Gasteiger partial charge is 0.431 e. The number of thioether (sulfide) groups is 1. The fourth-order valence-electron chi connectivity index (χ4n) is 3.38. The second-order valence-electron chi connectivity index (χ2n) is 6.31. The summed E-state index contributed by atoms with van der Waals surface area (Å²) in [4.78, 5) is 4.52. The zero-order chi connectivity index (χ0) is 15.5. The summed E-state index contributed by atoms with van der Waals surface area (Å²) in [6.45, 7) is 0. The zero-order valence-electron chi connectivity index (χ0n) is 13.2. The lowest BCUT2D eigenvalue weighted by Crippen LogP contribution is -2.04. The van der Waals surface area contributed by atoms with E-state index in [-0.39, 0.29) is 0 Å². The van der Waals surface area contributed by atoms with Crippen molar-refractivity contribution in [3.63, 3.8) is 0 Å². The average Bonchev–Trinajstić information content (AvgIpc) is 3.04. The van der Waals surface area contributed by atoms with Gasteiger partial charge < -0.3 is 4.42 Å². The molecule has 0 unspecified atom stereocenters. The summed E-state index contributed by atoms with van der Waals surface area (Å²) in [6, 6.07) is 17.1. The molecular weight excluding hydrogens is 302 g/mol. The molecule has 1 aromatic heterocycles. The van der Waals surface area contributed by atoms with Gasteiger partial charge in [-0.2, -0.15) is 0 Å². The maximum absolute atomic E-state index is 5.76. The molecule has 118 valence electrons. The van der Waals surface area contributed by atoms with Crippen LogP contribution in [-0.2, 0) is 5.75 Å². The first-order chi connectivity index (χ1) is 11.4. The first-order valence-electron chi connectivity index (χ1n) is 8.46. The van der Waals surface area contributed by atoms with E-state index in [2.05, 4.69) is 29.2 Å². The Hall–Kier alpha value is -1.74. The number of nitrogens with zero attached hydrogens (tertiary/aromatic N) is 1. The fourth-order valence-corrected chi connectivity index (χ4v) is 4.17. The lowest BCUT2D eigenvalue weighted by molar-refractivity contribution is 0.443. The standard InChI is InChI=1S/C20H21NOS/c1-2-6-16(7-3-1)17-12-10-15(11-13-17)14-23-20-21-18-8-4-5-9-19(18)22-20/h4-5,8-13,16H,1-3,6-7,14H2. The molecule has 0 radical (unpaired) electrons. The first-order valence-corrected chi connectivity index (χ1v) is 9.44. The Bertz CT molecular complexity index is 739. The summed E-state index contributed by atoms with van der Waals surface area (Å²) in [7, 11) is 0. The van der Waals surface area contributed by atoms with E-state index in [1.54, 1.807) is 11.8 Å². The molecule has 3 aromatic rings. The van der Waals surface area contributed by atoms with Crippen LogP contribution >= 0.6 is 11.8 Å². The minimum absolute atomic E-state index is 0.752. The van der Waals surface area contributed by atoms with Crippen molar-refractivity contribution >= 4 is 22.9 Å². The maximum atomic E-state index is 5.76. The Morgan fingerprint density at radius 2 is 1.74 bits per heavy atom. The first kappa shape index (κ1) is 14.8. The van der Waals surface area contributed by atoms with E-state index in [4.69, 9.17) is 4.42 Å². The summed E-state index contributed by atoms with van der Waals surface area (Å²) in [5, 5.41) is 0.752. The van der Waals surface area contributed by atoms with Crippen molar-refractivity contribution in [2.45, 2.75) is 49.0 Å². The SMILES string of the molecule is c1ccc2oc(SCc3ccc(C4CCCCC4)cc3)nc2c1. The number of hydrogen-bond acceptors (Lipinski definition) is 3. The molecule has 1 heterocycles. The van der Waals surface area contributed by atoms with Crippen LogP contribution < -0.4 is 0 Å². The van der Waals surface area contributed by atoms with Crippen molar-refractivity contribution in [1.82, 2.24) is 4.98 Å². The Balaban J connectivity index is 1.40. The lowest BCUT2D eigenvalue weighted by atomic mass is 9.84. The van der Waals surface area contributed by atoms with Crippen LogP contribution in [0, 0.1) is 0 Å². The Labute approximate surface area is 141 Å². The van der Waals surface area contributed by atoms with Gasteiger partial charge in [-0.05, 0) is 42.0 Å². The van der Waals surface area contributed by atoms with E-state index in [0.717, 1.165) is 28.0 Å². The third kappa shape index (κ3) is 3.45. The number of hydrogen-bond donors (Lipinski definition) is 0. The molecule has 1 fully saturated rings. The van der Waals surface area contributed by atoms with Crippen molar-refractivity contribution in [2.24, 2.45) is 0 Å². The van der Waals surface area contributed by atoms with Crippen LogP contribution in [0.3, 0.4) is 0 Å². The molecule has 3 heteroatoms. The minimum Gasteiger partial charge on any atom is -0.431 e. The van der Waals surface area contributed by atoms with E-state index >= 15 is 0 Å². The molecule has 0 aliphatic heterocycles. The molecule has 0 bridgehead atoms. The molecule has 0 N–H and O–H groups in total. The van der Waals surface area contributed by atoms with Crippen LogP contribution in [0.25, 0.3) is 11.1 Å². The summed E-state index contributed by atoms with van der Waals surface area (Å²) in [5.74, 6) is 1.68. The van der Waals surface area contributed by atoms with Gasteiger partial charge in [0, 0.05) is 5.75 Å². The van der Waals surface area contributed by atoms with Crippen LogP contribution in [0.5, 0.6) is 0 Å². The van der Waals surface area contributed by atoms with Crippen LogP contribution in [0.1, 0.15) is 49.1 Å². The van der Waals surface area contributed by atoms with Crippen LogP contribution in [-0.4, -0.2) is 4.98 Å². The number of aromatic nitrogens is 1. The Kier molecular flexibility index (Phi) is 4.38. The second kappa shape index (κ2) is 6.79. The smallest absolute Gasteiger partial charge is 0.257 e. The zero-order valence-corrected chi connectivity index (χ0v) is 14.0. The quantitative estimate of drug-likeness (QED) is 0.537. The molecular formula is C20H21NOS. The molecule has 2 aromatic carbocycles. The van der Waals surface area contributed by atoms with E-state index in [1.807, 2.05) is 24.3 Å². The van der Waals surface area contributed by atoms with E-state index in [1.165, 1.54) is 43.2 Å². The van der Waals surface area contributed by atoms with Gasteiger partial charge in [0.05, 0.1) is 0 Å². The molecule has 1 aliphatic carbocycles. The summed E-state index contributed by atoms with van der Waals surface area (Å²) in [6.07, 6.45) is 6.91. The molecule has 0 amide bonds. The molecule has 4 rings (SSSR count). The molecule has 1 aliphatic rings. The predicted octanol–water partition coefficient (Wildman–Crippen LogP) is 6.17. The Morgan fingerprint density at radius 1 is 0.957 bits per heavy atom. The highest BCUT2D eigenvalue weighted by Gasteiger charge is 2.15. The van der Waals surface area contributed by atoms with Gasteiger partial charge in [-0.15, -0.1) is 0 Å². The summed E-state index contributed by atoms with van der Waals surface area (Å²) >= 11 is 1.66. The van der Waals surface area contributed by atoms with Gasteiger partial charge in [0.2, 0.25) is 0 Å². The van der Waals surface area contributed by atoms with Crippen molar-refractivity contribution in [3.05, 3.63) is 59.7 Å². The second-order valence-corrected chi connectivity index (χ2v) is 7.24. The minimum atomic E-state index is 0.752. The maximum Gasteiger partial charge on any atom is 0.257 e. The van der Waals surface area contributed by atoms with Gasteiger partial charge in [0.1, 0.15) is 5.52 Å². The van der Waals surface area contributed by atoms with Gasteiger partial charge in [-0.3, -0.25) is 0 Å². The highest BCUT2D eigenvalue weighted by molar-refractivity contribution is 7.98. The van der Waals surface area contributed by atoms with Gasteiger partial charge in [-0.25, -0.2) is 4.98 Å². The monoisotopic (exact) mass is 323 g/mol. The fraction of sp³-hybridized carbons (Fsp3) is 0.350. The molecule has 0 spiro atoms. The highest BCUT2D eigenvalue weighted by atomic mass is 32.2. The van der Waals surface area contributed by atoms with Crippen molar-refractivity contribution in [3.8, 4) is 0 Å². The van der Waals surface area contributed by atoms with E-state index in [0.29, 0.717) is 0 Å².